The molecule has 2 N–H and O–H groups in total. The first-order valence-corrected chi connectivity index (χ1v) is 11.6. The van der Waals surface area contributed by atoms with E-state index in [1.807, 2.05) is 5.32 Å². The second kappa shape index (κ2) is 11.4. The third-order valence-electron chi connectivity index (χ3n) is 6.09. The van der Waals surface area contributed by atoms with E-state index in [9.17, 15) is 48.7 Å². The van der Waals surface area contributed by atoms with E-state index in [1.54, 1.807) is 6.07 Å². The molecule has 0 saturated heterocycles. The van der Waals surface area contributed by atoms with Gasteiger partial charge in [0.15, 0.2) is 0 Å². The monoisotopic (exact) mass is 580 g/mol. The minimum atomic E-state index is -5.07. The predicted molar refractivity (Wildman–Crippen MR) is 126 cm³/mol. The summed E-state index contributed by atoms with van der Waals surface area (Å²) < 4.78 is 135. The van der Waals surface area contributed by atoms with Crippen LogP contribution in [0.4, 0.5) is 48.7 Å². The third-order valence-corrected chi connectivity index (χ3v) is 6.09. The van der Waals surface area contributed by atoms with E-state index in [4.69, 9.17) is 0 Å². The number of nitrogens with one attached hydrogen (secondary N) is 2. The third kappa shape index (κ3) is 7.66. The van der Waals surface area contributed by atoms with Crippen LogP contribution in [0, 0.1) is 12.7 Å². The molecule has 0 aromatic heterocycles. The van der Waals surface area contributed by atoms with Gasteiger partial charge < -0.3 is 10.6 Å². The molecule has 0 aliphatic carbocycles. The number of alkyl halides is 9. The molecule has 3 nitrogen and oxygen atoms in total. The Morgan fingerprint density at radius 3 is 1.95 bits per heavy atom. The molecule has 0 bridgehead atoms. The fraction of sp³-hybridized carbons (Fsp3) is 0.296. The Kier molecular flexibility index (Phi) is 8.75. The summed E-state index contributed by atoms with van der Waals surface area (Å²) in [5.41, 5.74) is -5.83. The highest BCUT2D eigenvalue weighted by atomic mass is 19.4. The SMILES string of the molecule is Cc1ccc([C@@](Cc2ccccc2)(NC(=O)NCCC(F)(F)F)c2cc(F)cc(C(F)(F)F)c2)cc1C(F)(F)F. The van der Waals surface area contributed by atoms with Gasteiger partial charge in [-0.2, -0.15) is 39.5 Å². The van der Waals surface area contributed by atoms with E-state index in [0.29, 0.717) is 23.8 Å². The Labute approximate surface area is 222 Å². The largest absolute Gasteiger partial charge is 0.416 e. The molecule has 0 spiro atoms. The molecule has 0 heterocycles. The molecule has 3 aromatic carbocycles. The van der Waals surface area contributed by atoms with Crippen molar-refractivity contribution in [2.45, 2.75) is 43.8 Å². The number of carbonyl (C=O) groups is 1. The highest BCUT2D eigenvalue weighted by Crippen LogP contribution is 2.41. The van der Waals surface area contributed by atoms with Gasteiger partial charge in [-0.25, -0.2) is 9.18 Å². The number of aryl methyl sites for hydroxylation is 1. The fourth-order valence-corrected chi connectivity index (χ4v) is 4.21. The van der Waals surface area contributed by atoms with Gasteiger partial charge in [0.2, 0.25) is 0 Å². The van der Waals surface area contributed by atoms with Crippen LogP contribution in [-0.2, 0) is 24.3 Å². The van der Waals surface area contributed by atoms with Crippen LogP contribution in [0.1, 0.15) is 39.8 Å². The van der Waals surface area contributed by atoms with E-state index < -0.39 is 72.0 Å². The number of hydrogen-bond acceptors (Lipinski definition) is 1. The van der Waals surface area contributed by atoms with Crippen molar-refractivity contribution in [2.75, 3.05) is 6.54 Å². The summed E-state index contributed by atoms with van der Waals surface area (Å²) in [6.07, 6.45) is -16.6. The van der Waals surface area contributed by atoms with Crippen molar-refractivity contribution in [3.8, 4) is 0 Å². The van der Waals surface area contributed by atoms with Gasteiger partial charge in [-0.1, -0.05) is 42.5 Å². The molecule has 0 aliphatic rings. The van der Waals surface area contributed by atoms with Gasteiger partial charge in [-0.15, -0.1) is 0 Å². The number of carbonyl (C=O) groups excluding carboxylic acids is 1. The minimum Gasteiger partial charge on any atom is -0.338 e. The molecular formula is C27H22F10N2O. The molecule has 2 amide bonds. The zero-order valence-corrected chi connectivity index (χ0v) is 20.7. The van der Waals surface area contributed by atoms with Crippen molar-refractivity contribution in [3.05, 3.63) is 106 Å². The van der Waals surface area contributed by atoms with E-state index in [2.05, 4.69) is 5.32 Å². The maximum Gasteiger partial charge on any atom is 0.416 e. The highest BCUT2D eigenvalue weighted by molar-refractivity contribution is 5.76. The Bertz CT molecular complexity index is 1330. The average Bonchev–Trinajstić information content (AvgIpc) is 2.82. The van der Waals surface area contributed by atoms with Crippen LogP contribution < -0.4 is 10.6 Å². The average molecular weight is 580 g/mol. The summed E-state index contributed by atoms with van der Waals surface area (Å²) in [6, 6.07) is 10.3. The number of amides is 2. The van der Waals surface area contributed by atoms with Crippen LogP contribution in [-0.4, -0.2) is 18.8 Å². The van der Waals surface area contributed by atoms with Crippen LogP contribution in [0.5, 0.6) is 0 Å². The van der Waals surface area contributed by atoms with Crippen LogP contribution >= 0.6 is 0 Å². The fourth-order valence-electron chi connectivity index (χ4n) is 4.21. The van der Waals surface area contributed by atoms with Gasteiger partial charge in [-0.05, 0) is 53.4 Å². The smallest absolute Gasteiger partial charge is 0.338 e. The molecule has 0 fully saturated rings. The van der Waals surface area contributed by atoms with E-state index >= 15 is 0 Å². The van der Waals surface area contributed by atoms with E-state index in [-0.39, 0.29) is 17.2 Å². The summed E-state index contributed by atoms with van der Waals surface area (Å²) in [5, 5.41) is 4.21. The molecule has 3 aromatic rings. The Morgan fingerprint density at radius 2 is 1.38 bits per heavy atom. The summed E-state index contributed by atoms with van der Waals surface area (Å²) in [4.78, 5) is 12.9. The zero-order chi connectivity index (χ0) is 29.9. The van der Waals surface area contributed by atoms with Crippen molar-refractivity contribution < 1.29 is 48.7 Å². The second-order valence-electron chi connectivity index (χ2n) is 9.07. The zero-order valence-electron chi connectivity index (χ0n) is 20.7. The maximum absolute atomic E-state index is 14.6. The van der Waals surface area contributed by atoms with E-state index in [1.165, 1.54) is 24.3 Å². The predicted octanol–water partition coefficient (Wildman–Crippen LogP) is 7.91. The molecule has 0 aliphatic heterocycles. The lowest BCUT2D eigenvalue weighted by Crippen LogP contribution is -2.52. The minimum absolute atomic E-state index is 0.177. The number of rotatable bonds is 7. The quantitative estimate of drug-likeness (QED) is 0.274. The molecule has 0 radical (unpaired) electrons. The van der Waals surface area contributed by atoms with Crippen LogP contribution in [0.2, 0.25) is 0 Å². The van der Waals surface area contributed by atoms with Gasteiger partial charge in [0.1, 0.15) is 5.82 Å². The summed E-state index contributed by atoms with van der Waals surface area (Å²) in [7, 11) is 0. The Balaban J connectivity index is 2.31. The van der Waals surface area contributed by atoms with Gasteiger partial charge in [-0.3, -0.25) is 0 Å². The standard InChI is InChI=1S/C27H22F10N2O/c1-16-7-8-18(14-22(16)27(35,36)37)24(15-17-5-3-2-4-6-17,39-23(40)38-10-9-25(29,30)31)19-11-20(26(32,33)34)13-21(28)12-19/h2-8,11-14H,9-10,15H2,1H3,(H2,38,39,40)/t24-/m1/s1. The van der Waals surface area contributed by atoms with Crippen molar-refractivity contribution in [1.29, 1.82) is 0 Å². The Morgan fingerprint density at radius 1 is 0.750 bits per heavy atom. The van der Waals surface area contributed by atoms with E-state index in [0.717, 1.165) is 19.1 Å². The normalized spacial score (nSPS) is 14.0. The van der Waals surface area contributed by atoms with Crippen LogP contribution in [0.3, 0.4) is 0 Å². The van der Waals surface area contributed by atoms with Crippen molar-refractivity contribution in [2.24, 2.45) is 0 Å². The molecule has 40 heavy (non-hydrogen) atoms. The number of benzene rings is 3. The lowest BCUT2D eigenvalue weighted by atomic mass is 9.76. The molecule has 13 heteroatoms. The molecule has 0 saturated carbocycles. The topological polar surface area (TPSA) is 41.1 Å². The lowest BCUT2D eigenvalue weighted by molar-refractivity contribution is -0.138. The number of hydrogen-bond donors (Lipinski definition) is 2. The maximum atomic E-state index is 14.6. The summed E-state index contributed by atoms with van der Waals surface area (Å²) >= 11 is 0. The first-order chi connectivity index (χ1) is 18.4. The summed E-state index contributed by atoms with van der Waals surface area (Å²) in [5.74, 6) is -1.40. The molecule has 1 atom stereocenters. The Hall–Kier alpha value is -3.77. The van der Waals surface area contributed by atoms with Crippen LogP contribution in [0.25, 0.3) is 0 Å². The molecular weight excluding hydrogens is 558 g/mol. The highest BCUT2D eigenvalue weighted by Gasteiger charge is 2.42. The lowest BCUT2D eigenvalue weighted by Gasteiger charge is -2.37. The van der Waals surface area contributed by atoms with Crippen molar-refractivity contribution in [3.63, 3.8) is 0 Å². The van der Waals surface area contributed by atoms with Gasteiger partial charge >= 0.3 is 24.6 Å². The first-order valence-electron chi connectivity index (χ1n) is 11.6. The van der Waals surface area contributed by atoms with Gasteiger partial charge in [0.05, 0.1) is 23.1 Å². The van der Waals surface area contributed by atoms with Crippen molar-refractivity contribution in [1.82, 2.24) is 10.6 Å². The molecule has 0 unspecified atom stereocenters. The molecule has 3 rings (SSSR count). The number of urea groups is 1. The van der Waals surface area contributed by atoms with Gasteiger partial charge in [0.25, 0.3) is 0 Å². The second-order valence-corrected chi connectivity index (χ2v) is 9.07. The number of halogens is 10. The molecule has 216 valence electrons. The van der Waals surface area contributed by atoms with Crippen LogP contribution in [0.15, 0.2) is 66.7 Å². The van der Waals surface area contributed by atoms with Crippen molar-refractivity contribution >= 4 is 6.03 Å². The van der Waals surface area contributed by atoms with Gasteiger partial charge in [0, 0.05) is 13.0 Å². The first kappa shape index (κ1) is 30.8. The summed E-state index contributed by atoms with van der Waals surface area (Å²) in [6.45, 7) is 0.210.